The summed E-state index contributed by atoms with van der Waals surface area (Å²) in [7, 11) is -3.92. The van der Waals surface area contributed by atoms with Gasteiger partial charge in [-0.3, -0.25) is 13.9 Å². The van der Waals surface area contributed by atoms with Gasteiger partial charge in [-0.2, -0.15) is 0 Å². The van der Waals surface area contributed by atoms with Crippen molar-refractivity contribution in [1.82, 2.24) is 10.2 Å². The molecule has 3 rings (SSSR count). The van der Waals surface area contributed by atoms with Crippen LogP contribution < -0.4 is 9.62 Å². The molecule has 0 bridgehead atoms. The van der Waals surface area contributed by atoms with Gasteiger partial charge in [-0.15, -0.1) is 0 Å². The largest absolute Gasteiger partial charge is 0.352 e. The van der Waals surface area contributed by atoms with Crippen molar-refractivity contribution in [3.05, 3.63) is 101 Å². The van der Waals surface area contributed by atoms with Gasteiger partial charge in [-0.05, 0) is 43.2 Å². The van der Waals surface area contributed by atoms with Crippen LogP contribution in [0.1, 0.15) is 31.4 Å². The van der Waals surface area contributed by atoms with E-state index in [1.54, 1.807) is 18.2 Å². The normalized spacial score (nSPS) is 12.8. The fraction of sp³-hybridized carbons (Fsp3) is 0.310. The van der Waals surface area contributed by atoms with E-state index in [9.17, 15) is 22.4 Å². The zero-order valence-corrected chi connectivity index (χ0v) is 23.8. The molecule has 208 valence electrons. The van der Waals surface area contributed by atoms with E-state index in [1.165, 1.54) is 35.2 Å². The summed E-state index contributed by atoms with van der Waals surface area (Å²) in [5.74, 6) is -1.61. The number of nitrogens with zero attached hydrogens (tertiary/aromatic N) is 2. The van der Waals surface area contributed by atoms with Gasteiger partial charge in [0.2, 0.25) is 21.8 Å². The van der Waals surface area contributed by atoms with Crippen LogP contribution in [0.3, 0.4) is 0 Å². The quantitative estimate of drug-likeness (QED) is 0.337. The summed E-state index contributed by atoms with van der Waals surface area (Å²) in [5.41, 5.74) is 1.20. The van der Waals surface area contributed by atoms with Gasteiger partial charge in [0.05, 0.1) is 11.9 Å². The van der Waals surface area contributed by atoms with Crippen LogP contribution >= 0.6 is 11.6 Å². The number of amides is 2. The third-order valence-corrected chi connectivity index (χ3v) is 7.72. The Morgan fingerprint density at radius 1 is 1.00 bits per heavy atom. The minimum atomic E-state index is -3.92. The van der Waals surface area contributed by atoms with Crippen LogP contribution in [0.25, 0.3) is 0 Å². The lowest BCUT2D eigenvalue weighted by molar-refractivity contribution is -0.140. The Morgan fingerprint density at radius 2 is 1.67 bits per heavy atom. The van der Waals surface area contributed by atoms with E-state index in [2.05, 4.69) is 5.32 Å². The second-order valence-electron chi connectivity index (χ2n) is 9.39. The Hall–Kier alpha value is -3.43. The maximum atomic E-state index is 14.8. The molecule has 0 aliphatic rings. The van der Waals surface area contributed by atoms with E-state index in [0.29, 0.717) is 11.4 Å². The summed E-state index contributed by atoms with van der Waals surface area (Å²) >= 11 is 6.10. The lowest BCUT2D eigenvalue weighted by Gasteiger charge is -2.34. The van der Waals surface area contributed by atoms with Crippen LogP contribution in [0, 0.1) is 5.82 Å². The second-order valence-corrected chi connectivity index (χ2v) is 11.7. The molecule has 7 nitrogen and oxygen atoms in total. The first-order chi connectivity index (χ1) is 18.5. The van der Waals surface area contributed by atoms with Crippen molar-refractivity contribution >= 4 is 39.1 Å². The minimum Gasteiger partial charge on any atom is -0.352 e. The van der Waals surface area contributed by atoms with E-state index in [1.807, 2.05) is 44.2 Å². The van der Waals surface area contributed by atoms with E-state index in [0.717, 1.165) is 16.1 Å². The van der Waals surface area contributed by atoms with Gasteiger partial charge in [-0.25, -0.2) is 12.8 Å². The fourth-order valence-electron chi connectivity index (χ4n) is 4.05. The highest BCUT2D eigenvalue weighted by Crippen LogP contribution is 2.23. The summed E-state index contributed by atoms with van der Waals surface area (Å²) in [6, 6.07) is 20.1. The number of hydrogen-bond donors (Lipinski definition) is 1. The summed E-state index contributed by atoms with van der Waals surface area (Å²) in [5, 5.41) is 3.23. The SMILES string of the molecule is CC[C@H](C)NC(=O)[C@@H](Cc1ccccc1)N(Cc1ccccc1F)C(=O)CN(c1cccc(Cl)c1)S(C)(=O)=O. The molecule has 2 atom stereocenters. The number of sulfonamides is 1. The van der Waals surface area contributed by atoms with E-state index in [-0.39, 0.29) is 30.3 Å². The molecule has 3 aromatic rings. The molecule has 0 fully saturated rings. The zero-order valence-electron chi connectivity index (χ0n) is 22.2. The lowest BCUT2D eigenvalue weighted by atomic mass is 10.0. The second kappa shape index (κ2) is 13.6. The molecule has 0 spiro atoms. The lowest BCUT2D eigenvalue weighted by Crippen LogP contribution is -2.54. The number of hydrogen-bond acceptors (Lipinski definition) is 4. The fourth-order valence-corrected chi connectivity index (χ4v) is 5.08. The maximum absolute atomic E-state index is 14.8. The topological polar surface area (TPSA) is 86.8 Å². The predicted molar refractivity (Wildman–Crippen MR) is 152 cm³/mol. The van der Waals surface area contributed by atoms with E-state index in [4.69, 9.17) is 11.6 Å². The highest BCUT2D eigenvalue weighted by molar-refractivity contribution is 7.92. The van der Waals surface area contributed by atoms with Gasteiger partial charge in [-0.1, -0.05) is 73.1 Å². The molecule has 0 saturated heterocycles. The van der Waals surface area contributed by atoms with Crippen molar-refractivity contribution in [2.75, 3.05) is 17.1 Å². The monoisotopic (exact) mass is 573 g/mol. The van der Waals surface area contributed by atoms with Crippen LogP contribution in [0.2, 0.25) is 5.02 Å². The van der Waals surface area contributed by atoms with Crippen molar-refractivity contribution in [3.63, 3.8) is 0 Å². The minimum absolute atomic E-state index is 0.152. The molecule has 0 saturated carbocycles. The first-order valence-corrected chi connectivity index (χ1v) is 14.8. The Morgan fingerprint density at radius 3 is 2.28 bits per heavy atom. The van der Waals surface area contributed by atoms with Crippen molar-refractivity contribution in [2.45, 2.75) is 45.3 Å². The highest BCUT2D eigenvalue weighted by atomic mass is 35.5. The summed E-state index contributed by atoms with van der Waals surface area (Å²) in [6.45, 7) is 2.94. The standard InChI is InChI=1S/C29H33ClFN3O4S/c1-4-21(2)32-29(36)27(17-22-11-6-5-7-12-22)33(19-23-13-8-9-16-26(23)31)28(35)20-34(39(3,37)38)25-15-10-14-24(30)18-25/h5-16,18,21,27H,4,17,19-20H2,1-3H3,(H,32,36)/t21-,27+/m0/s1. The molecule has 0 aliphatic carbocycles. The molecule has 10 heteroatoms. The molecule has 3 aromatic carbocycles. The Kier molecular flexibility index (Phi) is 10.5. The van der Waals surface area contributed by atoms with Crippen molar-refractivity contribution in [3.8, 4) is 0 Å². The molecule has 1 N–H and O–H groups in total. The van der Waals surface area contributed by atoms with Crippen LogP contribution in [0.4, 0.5) is 10.1 Å². The molecule has 0 aromatic heterocycles. The number of benzene rings is 3. The maximum Gasteiger partial charge on any atom is 0.244 e. The zero-order chi connectivity index (χ0) is 28.6. The Labute approximate surface area is 234 Å². The molecule has 0 aliphatic heterocycles. The van der Waals surface area contributed by atoms with E-state index < -0.39 is 40.2 Å². The highest BCUT2D eigenvalue weighted by Gasteiger charge is 2.33. The molecule has 39 heavy (non-hydrogen) atoms. The molecule has 0 radical (unpaired) electrons. The third kappa shape index (κ3) is 8.53. The van der Waals surface area contributed by atoms with Gasteiger partial charge in [0.25, 0.3) is 0 Å². The van der Waals surface area contributed by atoms with E-state index >= 15 is 0 Å². The molecular formula is C29H33ClFN3O4S. The summed E-state index contributed by atoms with van der Waals surface area (Å²) < 4.78 is 41.2. The van der Waals surface area contributed by atoms with Crippen molar-refractivity contribution in [2.24, 2.45) is 0 Å². The molecule has 0 heterocycles. The summed E-state index contributed by atoms with van der Waals surface area (Å²) in [6.07, 6.45) is 1.81. The number of carbonyl (C=O) groups is 2. The average Bonchev–Trinajstić information content (AvgIpc) is 2.89. The van der Waals surface area contributed by atoms with Crippen LogP contribution in [0.5, 0.6) is 0 Å². The van der Waals surface area contributed by atoms with Crippen LogP contribution in [-0.2, 0) is 32.6 Å². The predicted octanol–water partition coefficient (Wildman–Crippen LogP) is 4.80. The smallest absolute Gasteiger partial charge is 0.244 e. The van der Waals surface area contributed by atoms with Crippen LogP contribution in [-0.4, -0.2) is 50.0 Å². The molecular weight excluding hydrogens is 541 g/mol. The van der Waals surface area contributed by atoms with Crippen molar-refractivity contribution in [1.29, 1.82) is 0 Å². The first-order valence-electron chi connectivity index (χ1n) is 12.6. The number of halogens is 2. The molecule has 0 unspecified atom stereocenters. The number of nitrogens with one attached hydrogen (secondary N) is 1. The van der Waals surface area contributed by atoms with Crippen molar-refractivity contribution < 1.29 is 22.4 Å². The third-order valence-electron chi connectivity index (χ3n) is 6.35. The van der Waals surface area contributed by atoms with Gasteiger partial charge >= 0.3 is 0 Å². The van der Waals surface area contributed by atoms with Crippen LogP contribution in [0.15, 0.2) is 78.9 Å². The van der Waals surface area contributed by atoms with Gasteiger partial charge in [0.1, 0.15) is 18.4 Å². The number of carbonyl (C=O) groups excluding carboxylic acids is 2. The Balaban J connectivity index is 2.07. The van der Waals surface area contributed by atoms with Gasteiger partial charge < -0.3 is 10.2 Å². The summed E-state index contributed by atoms with van der Waals surface area (Å²) in [4.78, 5) is 28.8. The van der Waals surface area contributed by atoms with Gasteiger partial charge in [0, 0.05) is 29.6 Å². The number of anilines is 1. The number of rotatable bonds is 12. The molecule has 2 amide bonds. The average molecular weight is 574 g/mol. The first kappa shape index (κ1) is 30.1. The Bertz CT molecular complexity index is 1390. The van der Waals surface area contributed by atoms with Gasteiger partial charge in [0.15, 0.2) is 0 Å².